The second-order valence-electron chi connectivity index (χ2n) is 6.59. The smallest absolute Gasteiger partial charge is 0.254 e. The molecule has 0 spiro atoms. The normalized spacial score (nSPS) is 12.0. The fourth-order valence-corrected chi connectivity index (χ4v) is 2.77. The molecular formula is C20H23N5O. The molecule has 1 aromatic carbocycles. The summed E-state index contributed by atoms with van der Waals surface area (Å²) >= 11 is 0. The number of aryl methyl sites for hydroxylation is 2. The fraction of sp³-hybridized carbons (Fsp3) is 0.300. The van der Waals surface area contributed by atoms with E-state index in [2.05, 4.69) is 33.4 Å². The monoisotopic (exact) mass is 349 g/mol. The summed E-state index contributed by atoms with van der Waals surface area (Å²) in [5.74, 6) is 0.714. The van der Waals surface area contributed by atoms with Gasteiger partial charge in [0.05, 0.1) is 11.3 Å². The number of carbonyl (C=O) groups excluding carboxylic acids is 1. The molecule has 6 nitrogen and oxygen atoms in total. The highest BCUT2D eigenvalue weighted by Gasteiger charge is 2.11. The van der Waals surface area contributed by atoms with E-state index in [1.165, 1.54) is 0 Å². The summed E-state index contributed by atoms with van der Waals surface area (Å²) in [6, 6.07) is 11.7. The molecule has 0 bridgehead atoms. The van der Waals surface area contributed by atoms with E-state index in [0.29, 0.717) is 17.9 Å². The second kappa shape index (κ2) is 7.91. The van der Waals surface area contributed by atoms with Crippen LogP contribution in [0.4, 0.5) is 0 Å². The van der Waals surface area contributed by atoms with Crippen LogP contribution in [0.1, 0.15) is 28.7 Å². The molecule has 2 heterocycles. The summed E-state index contributed by atoms with van der Waals surface area (Å²) in [4.78, 5) is 20.9. The Morgan fingerprint density at radius 2 is 1.85 bits per heavy atom. The van der Waals surface area contributed by atoms with Crippen LogP contribution >= 0.6 is 0 Å². The number of hydrogen-bond acceptors (Lipinski definition) is 4. The molecule has 3 aromatic rings. The molecule has 1 N–H and O–H groups in total. The Balaban J connectivity index is 1.55. The third-order valence-corrected chi connectivity index (χ3v) is 4.15. The van der Waals surface area contributed by atoms with E-state index in [1.807, 2.05) is 48.9 Å². The highest BCUT2D eigenvalue weighted by Crippen LogP contribution is 2.13. The first-order valence-electron chi connectivity index (χ1n) is 8.69. The van der Waals surface area contributed by atoms with E-state index in [4.69, 9.17) is 0 Å². The van der Waals surface area contributed by atoms with Gasteiger partial charge in [0, 0.05) is 36.7 Å². The zero-order valence-corrected chi connectivity index (χ0v) is 15.3. The standard InChI is InChI=1S/C20H23N5O/c1-14(13-25-16(3)9-15(2)24-25)10-23-20(26)18-11-21-19(22-12-18)17-7-5-4-6-8-17/h4-9,11-12,14H,10,13H2,1-3H3,(H,23,26). The van der Waals surface area contributed by atoms with Crippen molar-refractivity contribution < 1.29 is 4.79 Å². The number of rotatable bonds is 6. The average molecular weight is 349 g/mol. The van der Waals surface area contributed by atoms with E-state index >= 15 is 0 Å². The number of carbonyl (C=O) groups is 1. The van der Waals surface area contributed by atoms with Crippen LogP contribution in [-0.2, 0) is 6.54 Å². The van der Waals surface area contributed by atoms with Gasteiger partial charge in [-0.2, -0.15) is 5.10 Å². The van der Waals surface area contributed by atoms with Crippen molar-refractivity contribution in [2.24, 2.45) is 5.92 Å². The zero-order chi connectivity index (χ0) is 18.5. The van der Waals surface area contributed by atoms with E-state index in [9.17, 15) is 4.79 Å². The molecule has 0 fully saturated rings. The molecule has 0 radical (unpaired) electrons. The lowest BCUT2D eigenvalue weighted by atomic mass is 10.1. The van der Waals surface area contributed by atoms with E-state index < -0.39 is 0 Å². The van der Waals surface area contributed by atoms with E-state index in [1.54, 1.807) is 12.4 Å². The van der Waals surface area contributed by atoms with Gasteiger partial charge in [0.25, 0.3) is 5.91 Å². The molecule has 0 saturated heterocycles. The van der Waals surface area contributed by atoms with Crippen LogP contribution in [0, 0.1) is 19.8 Å². The van der Waals surface area contributed by atoms with Crippen LogP contribution in [0.25, 0.3) is 11.4 Å². The topological polar surface area (TPSA) is 72.7 Å². The van der Waals surface area contributed by atoms with Crippen LogP contribution in [-0.4, -0.2) is 32.2 Å². The van der Waals surface area contributed by atoms with Gasteiger partial charge < -0.3 is 5.32 Å². The van der Waals surface area contributed by atoms with Gasteiger partial charge in [-0.05, 0) is 25.8 Å². The second-order valence-corrected chi connectivity index (χ2v) is 6.59. The minimum absolute atomic E-state index is 0.162. The van der Waals surface area contributed by atoms with Gasteiger partial charge in [-0.25, -0.2) is 9.97 Å². The van der Waals surface area contributed by atoms with Crippen molar-refractivity contribution in [3.05, 3.63) is 65.7 Å². The number of nitrogens with one attached hydrogen (secondary N) is 1. The first kappa shape index (κ1) is 17.8. The van der Waals surface area contributed by atoms with Gasteiger partial charge in [0.2, 0.25) is 0 Å². The maximum absolute atomic E-state index is 12.3. The summed E-state index contributed by atoms with van der Waals surface area (Å²) in [6.45, 7) is 7.44. The first-order valence-corrected chi connectivity index (χ1v) is 8.69. The number of nitrogens with zero attached hydrogens (tertiary/aromatic N) is 4. The van der Waals surface area contributed by atoms with Gasteiger partial charge in [-0.1, -0.05) is 37.3 Å². The average Bonchev–Trinajstić information content (AvgIpc) is 2.97. The van der Waals surface area contributed by atoms with Crippen LogP contribution in [0.3, 0.4) is 0 Å². The molecule has 0 aliphatic heterocycles. The van der Waals surface area contributed by atoms with Crippen molar-refractivity contribution in [1.29, 1.82) is 0 Å². The molecule has 6 heteroatoms. The maximum Gasteiger partial charge on any atom is 0.254 e. The van der Waals surface area contributed by atoms with Gasteiger partial charge in [-0.15, -0.1) is 0 Å². The van der Waals surface area contributed by atoms with Gasteiger partial charge in [-0.3, -0.25) is 9.48 Å². The Bertz CT molecular complexity index is 871. The summed E-state index contributed by atoms with van der Waals surface area (Å²) in [5.41, 5.74) is 3.53. The van der Waals surface area contributed by atoms with Crippen molar-refractivity contribution in [3.8, 4) is 11.4 Å². The maximum atomic E-state index is 12.3. The summed E-state index contributed by atoms with van der Waals surface area (Å²) in [6.07, 6.45) is 3.13. The zero-order valence-electron chi connectivity index (χ0n) is 15.3. The summed E-state index contributed by atoms with van der Waals surface area (Å²) < 4.78 is 1.98. The lowest BCUT2D eigenvalue weighted by Gasteiger charge is -2.14. The highest BCUT2D eigenvalue weighted by atomic mass is 16.1. The molecule has 3 rings (SSSR count). The molecule has 134 valence electrons. The van der Waals surface area contributed by atoms with Gasteiger partial charge in [0.1, 0.15) is 0 Å². The lowest BCUT2D eigenvalue weighted by molar-refractivity contribution is 0.0946. The van der Waals surface area contributed by atoms with Crippen molar-refractivity contribution >= 4 is 5.91 Å². The Kier molecular flexibility index (Phi) is 5.41. The van der Waals surface area contributed by atoms with Crippen molar-refractivity contribution in [2.75, 3.05) is 6.54 Å². The number of benzene rings is 1. The molecule has 1 amide bonds. The molecule has 0 aliphatic rings. The number of amides is 1. The SMILES string of the molecule is Cc1cc(C)n(CC(C)CNC(=O)c2cnc(-c3ccccc3)nc2)n1. The van der Waals surface area contributed by atoms with Crippen molar-refractivity contribution in [3.63, 3.8) is 0 Å². The predicted molar refractivity (Wildman–Crippen MR) is 101 cm³/mol. The molecule has 1 unspecified atom stereocenters. The molecule has 1 atom stereocenters. The van der Waals surface area contributed by atoms with Gasteiger partial charge >= 0.3 is 0 Å². The highest BCUT2D eigenvalue weighted by molar-refractivity contribution is 5.93. The molecule has 26 heavy (non-hydrogen) atoms. The van der Waals surface area contributed by atoms with Gasteiger partial charge in [0.15, 0.2) is 5.82 Å². The van der Waals surface area contributed by atoms with E-state index in [0.717, 1.165) is 23.5 Å². The third-order valence-electron chi connectivity index (χ3n) is 4.15. The van der Waals surface area contributed by atoms with Crippen LogP contribution < -0.4 is 5.32 Å². The fourth-order valence-electron chi connectivity index (χ4n) is 2.77. The number of aromatic nitrogens is 4. The van der Waals surface area contributed by atoms with Crippen LogP contribution in [0.2, 0.25) is 0 Å². The Morgan fingerprint density at radius 1 is 1.15 bits per heavy atom. The first-order chi connectivity index (χ1) is 12.5. The molecular weight excluding hydrogens is 326 g/mol. The number of hydrogen-bond donors (Lipinski definition) is 1. The van der Waals surface area contributed by atoms with Crippen molar-refractivity contribution in [1.82, 2.24) is 25.1 Å². The molecule has 0 aliphatic carbocycles. The minimum Gasteiger partial charge on any atom is -0.352 e. The Labute approximate surface area is 153 Å². The Hall–Kier alpha value is -3.02. The lowest BCUT2D eigenvalue weighted by Crippen LogP contribution is -2.30. The van der Waals surface area contributed by atoms with E-state index in [-0.39, 0.29) is 11.8 Å². The van der Waals surface area contributed by atoms with Crippen LogP contribution in [0.15, 0.2) is 48.8 Å². The Morgan fingerprint density at radius 3 is 2.46 bits per heavy atom. The predicted octanol–water partition coefficient (Wildman–Crippen LogP) is 3.02. The third kappa shape index (κ3) is 4.33. The minimum atomic E-state index is -0.162. The largest absolute Gasteiger partial charge is 0.352 e. The summed E-state index contributed by atoms with van der Waals surface area (Å²) in [7, 11) is 0. The van der Waals surface area contributed by atoms with Crippen LogP contribution in [0.5, 0.6) is 0 Å². The van der Waals surface area contributed by atoms with Crippen molar-refractivity contribution in [2.45, 2.75) is 27.3 Å². The quantitative estimate of drug-likeness (QED) is 0.742. The molecule has 2 aromatic heterocycles. The summed E-state index contributed by atoms with van der Waals surface area (Å²) in [5, 5.41) is 7.40. The molecule has 0 saturated carbocycles.